The second kappa shape index (κ2) is 3.38. The molecule has 0 aliphatic carbocycles. The Morgan fingerprint density at radius 2 is 2.21 bits per heavy atom. The first-order valence-electron chi connectivity index (χ1n) is 4.41. The third-order valence-electron chi connectivity index (χ3n) is 2.36. The summed E-state index contributed by atoms with van der Waals surface area (Å²) >= 11 is 0. The van der Waals surface area contributed by atoms with Gasteiger partial charge in [0.1, 0.15) is 23.9 Å². The molecule has 1 aromatic carbocycles. The highest BCUT2D eigenvalue weighted by molar-refractivity contribution is 5.50. The number of ether oxygens (including phenoxy) is 2. The maximum Gasteiger partial charge on any atom is 0.130 e. The van der Waals surface area contributed by atoms with E-state index >= 15 is 0 Å². The molecule has 1 heterocycles. The zero-order valence-electron chi connectivity index (χ0n) is 7.86. The highest BCUT2D eigenvalue weighted by Gasteiger charge is 2.22. The van der Waals surface area contributed by atoms with Gasteiger partial charge in [-0.05, 0) is 0 Å². The summed E-state index contributed by atoms with van der Waals surface area (Å²) in [5.74, 6) is 0.606. The van der Waals surface area contributed by atoms with Crippen molar-refractivity contribution in [2.45, 2.75) is 12.5 Å². The molecule has 0 saturated heterocycles. The normalized spacial score (nSPS) is 19.9. The summed E-state index contributed by atoms with van der Waals surface area (Å²) < 4.78 is 10.5. The van der Waals surface area contributed by atoms with Crippen LogP contribution in [0, 0.1) is 0 Å². The maximum atomic E-state index is 9.55. The Kier molecular flexibility index (Phi) is 2.21. The molecule has 1 aliphatic heterocycles. The average molecular weight is 196 g/mol. The van der Waals surface area contributed by atoms with Crippen LogP contribution in [0.5, 0.6) is 17.2 Å². The zero-order chi connectivity index (χ0) is 10.1. The highest BCUT2D eigenvalue weighted by Crippen LogP contribution is 2.36. The van der Waals surface area contributed by atoms with Crippen LogP contribution in [0.2, 0.25) is 0 Å². The van der Waals surface area contributed by atoms with Gasteiger partial charge in [0.25, 0.3) is 0 Å². The SMILES string of the molecule is COC1COc2cc(O)cc(O)c2C1. The highest BCUT2D eigenvalue weighted by atomic mass is 16.5. The molecule has 0 amide bonds. The van der Waals surface area contributed by atoms with Crippen LogP contribution in [-0.2, 0) is 11.2 Å². The van der Waals surface area contributed by atoms with E-state index in [1.807, 2.05) is 0 Å². The Hall–Kier alpha value is -1.42. The van der Waals surface area contributed by atoms with Crippen LogP contribution < -0.4 is 4.74 Å². The Labute approximate surface area is 81.7 Å². The molecule has 0 fully saturated rings. The molecule has 0 saturated carbocycles. The summed E-state index contributed by atoms with van der Waals surface area (Å²) in [5.41, 5.74) is 0.695. The fourth-order valence-electron chi connectivity index (χ4n) is 1.57. The van der Waals surface area contributed by atoms with E-state index in [1.165, 1.54) is 12.1 Å². The fraction of sp³-hybridized carbons (Fsp3) is 0.400. The zero-order valence-corrected chi connectivity index (χ0v) is 7.86. The Balaban J connectivity index is 2.37. The van der Waals surface area contributed by atoms with Crippen molar-refractivity contribution in [2.24, 2.45) is 0 Å². The Bertz CT molecular complexity index is 348. The largest absolute Gasteiger partial charge is 0.508 e. The van der Waals surface area contributed by atoms with Crippen LogP contribution in [0.15, 0.2) is 12.1 Å². The molecule has 2 rings (SSSR count). The van der Waals surface area contributed by atoms with Crippen molar-refractivity contribution in [1.82, 2.24) is 0 Å². The Morgan fingerprint density at radius 1 is 1.43 bits per heavy atom. The molecule has 0 radical (unpaired) electrons. The molecule has 1 unspecified atom stereocenters. The van der Waals surface area contributed by atoms with E-state index < -0.39 is 0 Å². The van der Waals surface area contributed by atoms with Gasteiger partial charge in [0.2, 0.25) is 0 Å². The van der Waals surface area contributed by atoms with E-state index in [4.69, 9.17) is 9.47 Å². The van der Waals surface area contributed by atoms with E-state index in [9.17, 15) is 10.2 Å². The second-order valence-electron chi connectivity index (χ2n) is 3.31. The number of fused-ring (bicyclic) bond motifs is 1. The van der Waals surface area contributed by atoms with Gasteiger partial charge < -0.3 is 19.7 Å². The summed E-state index contributed by atoms with van der Waals surface area (Å²) in [7, 11) is 1.61. The number of hydrogen-bond acceptors (Lipinski definition) is 4. The lowest BCUT2D eigenvalue weighted by molar-refractivity contribution is 0.0458. The minimum absolute atomic E-state index is 0.0112. The predicted molar refractivity (Wildman–Crippen MR) is 49.8 cm³/mol. The number of methoxy groups -OCH3 is 1. The van der Waals surface area contributed by atoms with Gasteiger partial charge >= 0.3 is 0 Å². The third kappa shape index (κ3) is 1.48. The molecule has 1 aromatic rings. The van der Waals surface area contributed by atoms with Crippen molar-refractivity contribution < 1.29 is 19.7 Å². The molecule has 0 spiro atoms. The number of phenols is 2. The molecule has 0 aromatic heterocycles. The van der Waals surface area contributed by atoms with Gasteiger partial charge in [-0.1, -0.05) is 0 Å². The van der Waals surface area contributed by atoms with Gasteiger partial charge in [0.05, 0.1) is 6.10 Å². The van der Waals surface area contributed by atoms with Gasteiger partial charge in [0, 0.05) is 31.2 Å². The quantitative estimate of drug-likeness (QED) is 0.704. The van der Waals surface area contributed by atoms with Gasteiger partial charge in [0.15, 0.2) is 0 Å². The number of hydrogen-bond donors (Lipinski definition) is 2. The van der Waals surface area contributed by atoms with Crippen LogP contribution >= 0.6 is 0 Å². The topological polar surface area (TPSA) is 58.9 Å². The van der Waals surface area contributed by atoms with E-state index in [1.54, 1.807) is 7.11 Å². The molecule has 76 valence electrons. The standard InChI is InChI=1S/C10H12O4/c1-13-7-4-8-9(12)2-6(11)3-10(8)14-5-7/h2-3,7,11-12H,4-5H2,1H3. The van der Waals surface area contributed by atoms with Gasteiger partial charge in [-0.2, -0.15) is 0 Å². The lowest BCUT2D eigenvalue weighted by atomic mass is 10.0. The first-order valence-corrected chi connectivity index (χ1v) is 4.41. The number of benzene rings is 1. The Morgan fingerprint density at radius 3 is 2.93 bits per heavy atom. The van der Waals surface area contributed by atoms with Crippen molar-refractivity contribution in [3.05, 3.63) is 17.7 Å². The fourth-order valence-corrected chi connectivity index (χ4v) is 1.57. The van der Waals surface area contributed by atoms with Gasteiger partial charge in [-0.3, -0.25) is 0 Å². The lowest BCUT2D eigenvalue weighted by Gasteiger charge is -2.24. The van der Waals surface area contributed by atoms with Crippen molar-refractivity contribution in [3.8, 4) is 17.2 Å². The van der Waals surface area contributed by atoms with Crippen molar-refractivity contribution >= 4 is 0 Å². The number of phenolic OH excluding ortho intramolecular Hbond substituents is 2. The van der Waals surface area contributed by atoms with Crippen LogP contribution in [0.3, 0.4) is 0 Å². The molecule has 4 heteroatoms. The first kappa shape index (κ1) is 9.15. The molecule has 0 bridgehead atoms. The smallest absolute Gasteiger partial charge is 0.130 e. The molecule has 14 heavy (non-hydrogen) atoms. The van der Waals surface area contributed by atoms with Crippen LogP contribution in [0.4, 0.5) is 0 Å². The predicted octanol–water partition coefficient (Wildman–Crippen LogP) is 1.05. The summed E-state index contributed by atoms with van der Waals surface area (Å²) in [5, 5.41) is 18.8. The third-order valence-corrected chi connectivity index (χ3v) is 2.36. The minimum Gasteiger partial charge on any atom is -0.508 e. The van der Waals surface area contributed by atoms with Crippen LogP contribution in [0.25, 0.3) is 0 Å². The summed E-state index contributed by atoms with van der Waals surface area (Å²) in [6, 6.07) is 2.81. The van der Waals surface area contributed by atoms with E-state index in [0.29, 0.717) is 24.3 Å². The molecular weight excluding hydrogens is 184 g/mol. The van der Waals surface area contributed by atoms with Crippen molar-refractivity contribution in [1.29, 1.82) is 0 Å². The van der Waals surface area contributed by atoms with Crippen molar-refractivity contribution in [3.63, 3.8) is 0 Å². The first-order chi connectivity index (χ1) is 6.70. The van der Waals surface area contributed by atoms with Gasteiger partial charge in [-0.25, -0.2) is 0 Å². The second-order valence-corrected chi connectivity index (χ2v) is 3.31. The minimum atomic E-state index is -0.0297. The van der Waals surface area contributed by atoms with Crippen molar-refractivity contribution in [2.75, 3.05) is 13.7 Å². The average Bonchev–Trinajstić information content (AvgIpc) is 2.17. The summed E-state index contributed by atoms with van der Waals surface area (Å²) in [6.07, 6.45) is 0.579. The molecule has 2 N–H and O–H groups in total. The van der Waals surface area contributed by atoms with Crippen LogP contribution in [-0.4, -0.2) is 30.0 Å². The van der Waals surface area contributed by atoms with Crippen LogP contribution in [0.1, 0.15) is 5.56 Å². The molecular formula is C10H12O4. The van der Waals surface area contributed by atoms with E-state index in [0.717, 1.165) is 0 Å². The monoisotopic (exact) mass is 196 g/mol. The summed E-state index contributed by atoms with van der Waals surface area (Å²) in [4.78, 5) is 0. The molecule has 4 nitrogen and oxygen atoms in total. The molecule has 1 aliphatic rings. The number of aromatic hydroxyl groups is 2. The van der Waals surface area contributed by atoms with Gasteiger partial charge in [-0.15, -0.1) is 0 Å². The maximum absolute atomic E-state index is 9.55. The molecule has 1 atom stereocenters. The lowest BCUT2D eigenvalue weighted by Crippen LogP contribution is -2.27. The number of rotatable bonds is 1. The van der Waals surface area contributed by atoms with E-state index in [-0.39, 0.29) is 17.6 Å². The van der Waals surface area contributed by atoms with E-state index in [2.05, 4.69) is 0 Å². The summed E-state index contributed by atoms with van der Waals surface area (Å²) in [6.45, 7) is 0.451.